The Labute approximate surface area is 109 Å². The van der Waals surface area contributed by atoms with Crippen molar-refractivity contribution in [2.45, 2.75) is 72.0 Å². The predicted molar refractivity (Wildman–Crippen MR) is 68.0 cm³/mol. The van der Waals surface area contributed by atoms with Gasteiger partial charge in [-0.15, -0.1) is 0 Å². The van der Waals surface area contributed by atoms with Gasteiger partial charge in [0.2, 0.25) is 0 Å². The Morgan fingerprint density at radius 1 is 1.39 bits per heavy atom. The first-order valence-corrected chi connectivity index (χ1v) is 6.55. The van der Waals surface area contributed by atoms with Crippen LogP contribution in [0.1, 0.15) is 60.8 Å². The molecule has 1 rings (SSSR count). The molecule has 0 saturated carbocycles. The molecule has 4 heteroatoms. The number of cyclic esters (lactones) is 1. The highest BCUT2D eigenvalue weighted by molar-refractivity contribution is 5.79. The van der Waals surface area contributed by atoms with Crippen LogP contribution in [0.2, 0.25) is 0 Å². The summed E-state index contributed by atoms with van der Waals surface area (Å²) in [4.78, 5) is 23.7. The Hall–Kier alpha value is -1.06. The summed E-state index contributed by atoms with van der Waals surface area (Å²) in [5.74, 6) is -0.575. The van der Waals surface area contributed by atoms with Crippen molar-refractivity contribution in [1.29, 1.82) is 0 Å². The second-order valence-corrected chi connectivity index (χ2v) is 6.09. The van der Waals surface area contributed by atoms with Crippen LogP contribution in [-0.4, -0.2) is 23.1 Å². The number of esters is 2. The van der Waals surface area contributed by atoms with E-state index in [1.54, 1.807) is 6.92 Å². The van der Waals surface area contributed by atoms with Crippen molar-refractivity contribution < 1.29 is 19.1 Å². The number of hydrogen-bond acceptors (Lipinski definition) is 4. The Bertz CT molecular complexity index is 361. The van der Waals surface area contributed by atoms with Crippen LogP contribution in [0, 0.1) is 5.41 Å². The monoisotopic (exact) mass is 256 g/mol. The molecule has 1 aliphatic heterocycles. The second kappa shape index (κ2) is 4.56. The molecule has 4 nitrogen and oxygen atoms in total. The minimum atomic E-state index is -0.873. The van der Waals surface area contributed by atoms with Gasteiger partial charge in [0.15, 0.2) is 5.60 Å². The van der Waals surface area contributed by atoms with Crippen LogP contribution in [0.5, 0.6) is 0 Å². The van der Waals surface area contributed by atoms with Gasteiger partial charge in [-0.3, -0.25) is 9.59 Å². The van der Waals surface area contributed by atoms with E-state index in [0.717, 1.165) is 0 Å². The van der Waals surface area contributed by atoms with Crippen molar-refractivity contribution in [1.82, 2.24) is 0 Å². The second-order valence-electron chi connectivity index (χ2n) is 6.09. The van der Waals surface area contributed by atoms with Crippen molar-refractivity contribution in [3.63, 3.8) is 0 Å². The lowest BCUT2D eigenvalue weighted by molar-refractivity contribution is -0.187. The van der Waals surface area contributed by atoms with Gasteiger partial charge < -0.3 is 9.47 Å². The molecule has 0 aromatic carbocycles. The minimum Gasteiger partial charge on any atom is -0.455 e. The summed E-state index contributed by atoms with van der Waals surface area (Å²) in [7, 11) is 0. The average Bonchev–Trinajstić information content (AvgIpc) is 2.49. The molecule has 0 aromatic heterocycles. The molecule has 0 radical (unpaired) electrons. The quantitative estimate of drug-likeness (QED) is 0.726. The molecule has 2 atom stereocenters. The van der Waals surface area contributed by atoms with E-state index in [1.165, 1.54) is 0 Å². The first-order valence-electron chi connectivity index (χ1n) is 6.55. The van der Waals surface area contributed by atoms with Gasteiger partial charge in [-0.1, -0.05) is 13.8 Å². The SMILES string of the molecule is CCC(C)(C)C(=O)OC1(C)CC(=O)OC1(C)CC. The van der Waals surface area contributed by atoms with E-state index < -0.39 is 16.6 Å². The number of rotatable bonds is 4. The molecule has 18 heavy (non-hydrogen) atoms. The van der Waals surface area contributed by atoms with Gasteiger partial charge >= 0.3 is 11.9 Å². The maximum atomic E-state index is 12.2. The third-order valence-electron chi connectivity index (χ3n) is 4.37. The van der Waals surface area contributed by atoms with Crippen molar-refractivity contribution >= 4 is 11.9 Å². The normalized spacial score (nSPS) is 32.2. The molecule has 1 heterocycles. The molecule has 104 valence electrons. The molecule has 1 aliphatic rings. The van der Waals surface area contributed by atoms with Gasteiger partial charge in [0, 0.05) is 0 Å². The Morgan fingerprint density at radius 3 is 2.39 bits per heavy atom. The maximum absolute atomic E-state index is 12.2. The zero-order valence-electron chi connectivity index (χ0n) is 12.3. The summed E-state index contributed by atoms with van der Waals surface area (Å²) in [6.07, 6.45) is 1.44. The molecule has 0 spiro atoms. The molecule has 0 amide bonds. The minimum absolute atomic E-state index is 0.128. The highest BCUT2D eigenvalue weighted by Crippen LogP contribution is 2.43. The molecule has 0 aromatic rings. The molecule has 1 fully saturated rings. The van der Waals surface area contributed by atoms with Crippen LogP contribution in [0.15, 0.2) is 0 Å². The third kappa shape index (κ3) is 2.38. The van der Waals surface area contributed by atoms with E-state index in [0.29, 0.717) is 12.8 Å². The largest absolute Gasteiger partial charge is 0.455 e. The van der Waals surface area contributed by atoms with Crippen LogP contribution in [0.25, 0.3) is 0 Å². The molecule has 0 N–H and O–H groups in total. The lowest BCUT2D eigenvalue weighted by atomic mass is 9.82. The zero-order chi connectivity index (χ0) is 14.2. The van der Waals surface area contributed by atoms with Gasteiger partial charge in [0.05, 0.1) is 11.8 Å². The molecule has 2 unspecified atom stereocenters. The fourth-order valence-corrected chi connectivity index (χ4v) is 1.93. The molecule has 0 bridgehead atoms. The number of carbonyl (C=O) groups excluding carboxylic acids is 2. The Morgan fingerprint density at radius 2 is 1.94 bits per heavy atom. The Kier molecular flexibility index (Phi) is 3.80. The summed E-state index contributed by atoms with van der Waals surface area (Å²) in [6, 6.07) is 0. The molecular weight excluding hydrogens is 232 g/mol. The maximum Gasteiger partial charge on any atom is 0.312 e. The lowest BCUT2D eigenvalue weighted by Gasteiger charge is -2.38. The number of hydrogen-bond donors (Lipinski definition) is 0. The van der Waals surface area contributed by atoms with Crippen molar-refractivity contribution in [2.24, 2.45) is 5.41 Å². The van der Waals surface area contributed by atoms with E-state index in [2.05, 4.69) is 0 Å². The highest BCUT2D eigenvalue weighted by Gasteiger charge is 2.57. The average molecular weight is 256 g/mol. The molecular formula is C14H24O4. The van der Waals surface area contributed by atoms with E-state index in [9.17, 15) is 9.59 Å². The fourth-order valence-electron chi connectivity index (χ4n) is 1.93. The van der Waals surface area contributed by atoms with Crippen molar-refractivity contribution in [2.75, 3.05) is 0 Å². The predicted octanol–water partition coefficient (Wildman–Crippen LogP) is 2.84. The van der Waals surface area contributed by atoms with Gasteiger partial charge in [-0.25, -0.2) is 0 Å². The van der Waals surface area contributed by atoms with Crippen LogP contribution in [0.4, 0.5) is 0 Å². The molecule has 1 saturated heterocycles. The standard InChI is InChI=1S/C14H24O4/c1-7-12(3,4)11(16)18-14(6)9-10(15)17-13(14,5)8-2/h7-9H2,1-6H3. The van der Waals surface area contributed by atoms with Gasteiger partial charge in [-0.05, 0) is 40.5 Å². The summed E-state index contributed by atoms with van der Waals surface area (Å²) in [6.45, 7) is 11.2. The van der Waals surface area contributed by atoms with E-state index >= 15 is 0 Å². The zero-order valence-corrected chi connectivity index (χ0v) is 12.3. The fraction of sp³-hybridized carbons (Fsp3) is 0.857. The summed E-state index contributed by atoms with van der Waals surface area (Å²) in [5.41, 5.74) is -2.14. The van der Waals surface area contributed by atoms with Crippen LogP contribution >= 0.6 is 0 Å². The van der Waals surface area contributed by atoms with Crippen molar-refractivity contribution in [3.05, 3.63) is 0 Å². The first kappa shape index (κ1) is 15.0. The van der Waals surface area contributed by atoms with Crippen LogP contribution in [0.3, 0.4) is 0 Å². The summed E-state index contributed by atoms with van der Waals surface area (Å²) < 4.78 is 11.0. The summed E-state index contributed by atoms with van der Waals surface area (Å²) in [5, 5.41) is 0. The van der Waals surface area contributed by atoms with Crippen LogP contribution < -0.4 is 0 Å². The van der Waals surface area contributed by atoms with Gasteiger partial charge in [0.1, 0.15) is 5.60 Å². The van der Waals surface area contributed by atoms with Gasteiger partial charge in [0.25, 0.3) is 0 Å². The first-order chi connectivity index (χ1) is 8.10. The van der Waals surface area contributed by atoms with E-state index in [1.807, 2.05) is 34.6 Å². The Balaban J connectivity index is 2.94. The number of carbonyl (C=O) groups is 2. The topological polar surface area (TPSA) is 52.6 Å². The smallest absolute Gasteiger partial charge is 0.312 e. The highest BCUT2D eigenvalue weighted by atomic mass is 16.6. The van der Waals surface area contributed by atoms with Crippen molar-refractivity contribution in [3.8, 4) is 0 Å². The third-order valence-corrected chi connectivity index (χ3v) is 4.37. The van der Waals surface area contributed by atoms with E-state index in [4.69, 9.17) is 9.47 Å². The van der Waals surface area contributed by atoms with E-state index in [-0.39, 0.29) is 18.4 Å². The number of ether oxygens (including phenoxy) is 2. The lowest BCUT2D eigenvalue weighted by Crippen LogP contribution is -2.50. The van der Waals surface area contributed by atoms with Gasteiger partial charge in [-0.2, -0.15) is 0 Å². The van der Waals surface area contributed by atoms with Crippen LogP contribution in [-0.2, 0) is 19.1 Å². The summed E-state index contributed by atoms with van der Waals surface area (Å²) >= 11 is 0. The molecule has 0 aliphatic carbocycles.